The summed E-state index contributed by atoms with van der Waals surface area (Å²) in [7, 11) is -1.40. The zero-order valence-electron chi connectivity index (χ0n) is 24.7. The summed E-state index contributed by atoms with van der Waals surface area (Å²) < 4.78 is 46.2. The van der Waals surface area contributed by atoms with E-state index < -0.39 is 32.2 Å². The van der Waals surface area contributed by atoms with Crippen LogP contribution in [0.15, 0.2) is 36.5 Å². The Labute approximate surface area is 243 Å². The van der Waals surface area contributed by atoms with Crippen molar-refractivity contribution in [2.24, 2.45) is 0 Å². The highest BCUT2D eigenvalue weighted by molar-refractivity contribution is 6.76. The van der Waals surface area contributed by atoms with Crippen molar-refractivity contribution in [2.75, 3.05) is 6.61 Å². The Morgan fingerprint density at radius 2 is 1.86 bits per heavy atom. The molecule has 0 aliphatic rings. The topological polar surface area (TPSA) is 108 Å². The molecular formula is C30H34F2N4O5Si. The first-order valence-electron chi connectivity index (χ1n) is 13.5. The Bertz CT molecular complexity index is 1710. The number of imidazole rings is 1. The minimum absolute atomic E-state index is 0.0209. The van der Waals surface area contributed by atoms with E-state index in [0.717, 1.165) is 6.04 Å². The molecule has 2 aromatic heterocycles. The minimum atomic E-state index is -3.21. The SMILES string of the molecule is Cc1cc(OC(F)F)c(C(=O)c2nc3cc(C#N)ccc3n2COCC[Si](C)(C)C)c2ccn(C(=O)OC(C)(C)C)c12. The van der Waals surface area contributed by atoms with E-state index in [4.69, 9.17) is 14.2 Å². The van der Waals surface area contributed by atoms with Crippen molar-refractivity contribution >= 4 is 41.9 Å². The van der Waals surface area contributed by atoms with E-state index in [9.17, 15) is 23.6 Å². The molecule has 0 bridgehead atoms. The fraction of sp³-hybridized carbons (Fsp3) is 0.400. The van der Waals surface area contributed by atoms with Gasteiger partial charge in [-0.15, -0.1) is 0 Å². The smallest absolute Gasteiger partial charge is 0.419 e. The molecule has 0 saturated carbocycles. The van der Waals surface area contributed by atoms with Gasteiger partial charge in [-0.2, -0.15) is 14.0 Å². The summed E-state index contributed by atoms with van der Waals surface area (Å²) >= 11 is 0. The number of benzene rings is 2. The number of aryl methyl sites for hydroxylation is 1. The number of fused-ring (bicyclic) bond motifs is 2. The third kappa shape index (κ3) is 6.69. The van der Waals surface area contributed by atoms with Crippen LogP contribution in [0.3, 0.4) is 0 Å². The number of nitrogens with zero attached hydrogens (tertiary/aromatic N) is 4. The van der Waals surface area contributed by atoms with Crippen LogP contribution < -0.4 is 4.74 Å². The average molecular weight is 597 g/mol. The van der Waals surface area contributed by atoms with Gasteiger partial charge in [-0.25, -0.2) is 9.78 Å². The fourth-order valence-electron chi connectivity index (χ4n) is 4.54. The van der Waals surface area contributed by atoms with E-state index in [-0.39, 0.29) is 29.3 Å². The third-order valence-electron chi connectivity index (χ3n) is 6.45. The van der Waals surface area contributed by atoms with Crippen molar-refractivity contribution in [2.45, 2.75) is 72.3 Å². The first-order chi connectivity index (χ1) is 19.6. The highest BCUT2D eigenvalue weighted by atomic mass is 28.3. The molecule has 2 heterocycles. The molecule has 42 heavy (non-hydrogen) atoms. The molecular weight excluding hydrogens is 562 g/mol. The standard InChI is InChI=1S/C30H34F2N4O5Si/c1-18-14-23(40-28(31)32)24(20-10-11-35(25(18)20)29(38)41-30(2,3)4)26(37)27-34-21-15-19(16-33)8-9-22(21)36(27)17-39-12-13-42(5,6)7/h8-11,14-15,28H,12-13,17H2,1-7H3. The number of nitriles is 1. The minimum Gasteiger partial charge on any atom is -0.443 e. The summed E-state index contributed by atoms with van der Waals surface area (Å²) in [5, 5.41) is 9.61. The summed E-state index contributed by atoms with van der Waals surface area (Å²) in [5.74, 6) is -1.14. The lowest BCUT2D eigenvalue weighted by Crippen LogP contribution is -2.27. The molecule has 0 saturated heterocycles. The summed E-state index contributed by atoms with van der Waals surface area (Å²) in [5.41, 5.74) is 1.03. The van der Waals surface area contributed by atoms with E-state index in [1.54, 1.807) is 50.5 Å². The maximum atomic E-state index is 14.3. The van der Waals surface area contributed by atoms with Crippen molar-refractivity contribution in [1.82, 2.24) is 14.1 Å². The van der Waals surface area contributed by atoms with Gasteiger partial charge < -0.3 is 14.2 Å². The molecule has 0 aliphatic carbocycles. The van der Waals surface area contributed by atoms with Crippen LogP contribution in [0.5, 0.6) is 5.75 Å². The lowest BCUT2D eigenvalue weighted by molar-refractivity contribution is -0.0500. The molecule has 0 aliphatic heterocycles. The fourth-order valence-corrected chi connectivity index (χ4v) is 5.30. The number of carbonyl (C=O) groups is 2. The largest absolute Gasteiger partial charge is 0.443 e. The summed E-state index contributed by atoms with van der Waals surface area (Å²) in [4.78, 5) is 31.8. The molecule has 222 valence electrons. The Morgan fingerprint density at radius 1 is 1.14 bits per heavy atom. The molecule has 0 fully saturated rings. The first-order valence-corrected chi connectivity index (χ1v) is 17.2. The van der Waals surface area contributed by atoms with Crippen LogP contribution in [0.4, 0.5) is 13.6 Å². The second-order valence-corrected chi connectivity index (χ2v) is 17.9. The molecule has 9 nitrogen and oxygen atoms in total. The lowest BCUT2D eigenvalue weighted by atomic mass is 10.0. The summed E-state index contributed by atoms with van der Waals surface area (Å²) in [6.45, 7) is 10.7. The lowest BCUT2D eigenvalue weighted by Gasteiger charge is -2.20. The van der Waals surface area contributed by atoms with Gasteiger partial charge >= 0.3 is 12.7 Å². The van der Waals surface area contributed by atoms with Crippen LogP contribution in [-0.4, -0.2) is 52.9 Å². The maximum absolute atomic E-state index is 14.3. The molecule has 12 heteroatoms. The van der Waals surface area contributed by atoms with Crippen molar-refractivity contribution < 1.29 is 32.6 Å². The van der Waals surface area contributed by atoms with E-state index in [2.05, 4.69) is 30.7 Å². The molecule has 4 aromatic rings. The summed E-state index contributed by atoms with van der Waals surface area (Å²) in [6.07, 6.45) is 0.740. The summed E-state index contributed by atoms with van der Waals surface area (Å²) in [6, 6.07) is 10.6. The number of carbonyl (C=O) groups excluding carboxylic acids is 2. The number of hydrogen-bond acceptors (Lipinski definition) is 7. The Balaban J connectivity index is 1.89. The monoisotopic (exact) mass is 596 g/mol. The molecule has 0 radical (unpaired) electrons. The maximum Gasteiger partial charge on any atom is 0.419 e. The van der Waals surface area contributed by atoms with Crippen LogP contribution in [0.25, 0.3) is 21.9 Å². The van der Waals surface area contributed by atoms with E-state index in [1.165, 1.54) is 22.9 Å². The number of alkyl halides is 2. The van der Waals surface area contributed by atoms with Crippen molar-refractivity contribution in [3.8, 4) is 11.8 Å². The predicted molar refractivity (Wildman–Crippen MR) is 157 cm³/mol. The molecule has 0 atom stereocenters. The molecule has 0 N–H and O–H groups in total. The van der Waals surface area contributed by atoms with Gasteiger partial charge in [-0.1, -0.05) is 19.6 Å². The second-order valence-electron chi connectivity index (χ2n) is 12.2. The van der Waals surface area contributed by atoms with Gasteiger partial charge in [-0.05, 0) is 69.6 Å². The highest BCUT2D eigenvalue weighted by Crippen LogP contribution is 2.35. The number of ether oxygens (including phenoxy) is 3. The average Bonchev–Trinajstić information content (AvgIpc) is 3.46. The first kappa shape index (κ1) is 30.9. The van der Waals surface area contributed by atoms with Crippen LogP contribution in [0.1, 0.15) is 48.1 Å². The number of aromatic nitrogens is 3. The molecule has 0 amide bonds. The van der Waals surface area contributed by atoms with Crippen LogP contribution in [-0.2, 0) is 16.2 Å². The Kier molecular flexibility index (Phi) is 8.57. The van der Waals surface area contributed by atoms with Gasteiger partial charge in [0.15, 0.2) is 5.82 Å². The number of hydrogen-bond donors (Lipinski definition) is 0. The molecule has 2 aromatic carbocycles. The van der Waals surface area contributed by atoms with Crippen LogP contribution in [0.2, 0.25) is 25.7 Å². The quantitative estimate of drug-likeness (QED) is 0.115. The van der Waals surface area contributed by atoms with Crippen molar-refractivity contribution in [3.05, 3.63) is 59.0 Å². The second kappa shape index (κ2) is 11.7. The number of ketones is 1. The Morgan fingerprint density at radius 3 is 2.48 bits per heavy atom. The highest BCUT2D eigenvalue weighted by Gasteiger charge is 2.29. The van der Waals surface area contributed by atoms with Gasteiger partial charge in [0, 0.05) is 26.3 Å². The van der Waals surface area contributed by atoms with E-state index in [1.807, 2.05) is 0 Å². The number of rotatable bonds is 9. The number of halogens is 2. The molecule has 4 rings (SSSR count). The predicted octanol–water partition coefficient (Wildman–Crippen LogP) is 7.10. The van der Waals surface area contributed by atoms with E-state index >= 15 is 0 Å². The van der Waals surface area contributed by atoms with Crippen molar-refractivity contribution in [3.63, 3.8) is 0 Å². The van der Waals surface area contributed by atoms with Gasteiger partial charge in [0.25, 0.3) is 0 Å². The third-order valence-corrected chi connectivity index (χ3v) is 8.16. The van der Waals surface area contributed by atoms with Crippen LogP contribution in [0, 0.1) is 18.3 Å². The van der Waals surface area contributed by atoms with E-state index in [0.29, 0.717) is 34.3 Å². The van der Waals surface area contributed by atoms with Gasteiger partial charge in [-0.3, -0.25) is 13.9 Å². The molecule has 0 spiro atoms. The van der Waals surface area contributed by atoms with Crippen molar-refractivity contribution in [1.29, 1.82) is 5.26 Å². The normalized spacial score (nSPS) is 12.2. The molecule has 0 unspecified atom stereocenters. The zero-order chi connectivity index (χ0) is 31.0. The van der Waals surface area contributed by atoms with Gasteiger partial charge in [0.2, 0.25) is 5.78 Å². The van der Waals surface area contributed by atoms with Gasteiger partial charge in [0.1, 0.15) is 18.1 Å². The van der Waals surface area contributed by atoms with Gasteiger partial charge in [0.05, 0.1) is 33.7 Å². The Hall–Kier alpha value is -4.08. The zero-order valence-corrected chi connectivity index (χ0v) is 25.7. The van der Waals surface area contributed by atoms with Crippen LogP contribution >= 0.6 is 0 Å².